The zero-order chi connectivity index (χ0) is 77.8. The fraction of sp³-hybridized carbons (Fsp3) is 0.556. The molecule has 111 heavy (non-hydrogen) atoms. The maximum Gasteiger partial charge on any atom is 0.229 e. The second-order valence-corrected chi connectivity index (χ2v) is 34.9. The van der Waals surface area contributed by atoms with E-state index in [2.05, 4.69) is 132 Å². The topological polar surface area (TPSA) is 424 Å². The number of nitrogens with one attached hydrogen (secondary N) is 10. The van der Waals surface area contributed by atoms with E-state index in [0.717, 1.165) is 126 Å². The molecule has 9 atom stereocenters. The van der Waals surface area contributed by atoms with E-state index >= 15 is 0 Å². The van der Waals surface area contributed by atoms with Crippen LogP contribution in [0.3, 0.4) is 0 Å². The second kappa shape index (κ2) is 33.4. The Hall–Kier alpha value is -9.51. The number of aryl methyl sites for hydroxylation is 4. The Morgan fingerprint density at radius 1 is 0.505 bits per heavy atom. The monoisotopic (exact) mass is 1610 g/mol. The number of nitrogens with zero attached hydrogens (tertiary/aromatic N) is 21. The molecule has 8 aromatic rings. The Balaban J connectivity index is 0.000000123. The predicted molar refractivity (Wildman–Crippen MR) is 422 cm³/mol. The van der Waals surface area contributed by atoms with Crippen LogP contribution in [0, 0.1) is 86.8 Å². The van der Waals surface area contributed by atoms with E-state index in [1.807, 2.05) is 57.9 Å². The number of aromatic nitrogens is 16. The van der Waals surface area contributed by atoms with Gasteiger partial charge in [0.05, 0.1) is 120 Å². The number of carbonyl (C=O) groups is 1. The first-order chi connectivity index (χ1) is 53.4. The number of rotatable bonds is 22. The maximum absolute atomic E-state index is 12.6. The van der Waals surface area contributed by atoms with Crippen molar-refractivity contribution in [2.45, 2.75) is 114 Å². The number of carbonyl (C=O) groups excluding carboxylic acids is 1. The average Bonchev–Trinajstić information content (AvgIpc) is 1.64. The molecule has 9 unspecified atom stereocenters. The smallest absolute Gasteiger partial charge is 0.229 e. The summed E-state index contributed by atoms with van der Waals surface area (Å²) >= 11 is 25.3. The molecule has 0 aromatic carbocycles. The molecular weight excluding hydrogens is 1520 g/mol. The van der Waals surface area contributed by atoms with Crippen LogP contribution in [-0.2, 0) is 43.0 Å². The molecule has 10 N–H and O–H groups in total. The second-order valence-electron chi connectivity index (χ2n) is 31.3. The lowest BCUT2D eigenvalue weighted by Gasteiger charge is -2.31. The van der Waals surface area contributed by atoms with Crippen LogP contribution in [0.5, 0.6) is 0 Å². The molecule has 4 saturated heterocycles. The number of nitriles is 3. The minimum absolute atomic E-state index is 0.0721. The minimum Gasteiger partial charge on any atom is -0.366 e. The molecule has 4 aliphatic heterocycles. The number of fused-ring (bicyclic) bond motifs is 4. The standard InChI is InChI=1S/C19H23ClN8O.C19H26ClN7O2S.2C17H21ClN8/c1-12(29)28-9-13-5-19(3-4-21,6-14(13)10-28)26-17-16(20)8-22-18(25-17)24-15-7-23-27(2)11-15;1-26-10-16(6-22-26)24-19-21-7-17(20)18(25-19)23-15-4-13-8-27(9-14(13)5-15)30(28,29)11-12-2-3-12;1-26-10-13(8-22-26)23-16-21-9-14(18)15(24-16)25-17(2-3-19)4-11-6-20-7-12(11)5-17;1-26-9-13(7-22-26)24-16-21-8-14(18)15(25-16)23-12-4-11-6-20-10-17(11,5-12)2-3-19/h7-8,11,13-14H,3,5-6,9-10H2,1-2H3,(H2,22,24,25,26);6-7,10,12-15H,2-5,8-9,11H2,1H3,(H2,21,23,24,25);8-12,20H,2,4-7H2,1H3,(H2,21,23,24,25);7-9,11-12,20H,2,4-6,10H2,1H3,(H2,21,23,24,25). The lowest BCUT2D eigenvalue weighted by molar-refractivity contribution is -0.128. The van der Waals surface area contributed by atoms with Crippen LogP contribution in [0.15, 0.2) is 74.4 Å². The number of sulfonamides is 1. The van der Waals surface area contributed by atoms with Crippen molar-refractivity contribution in [2.75, 3.05) is 101 Å². The van der Waals surface area contributed by atoms with Crippen molar-refractivity contribution in [3.8, 4) is 18.2 Å². The van der Waals surface area contributed by atoms with Gasteiger partial charge in [0.15, 0.2) is 23.3 Å². The maximum atomic E-state index is 12.6. The van der Waals surface area contributed by atoms with Crippen LogP contribution in [0.4, 0.5) is 69.8 Å². The van der Waals surface area contributed by atoms with Gasteiger partial charge in [-0.2, -0.15) is 56.1 Å². The third-order valence-corrected chi connectivity index (χ3v) is 25.9. The third-order valence-electron chi connectivity index (χ3n) is 22.9. The van der Waals surface area contributed by atoms with Crippen LogP contribution in [0.1, 0.15) is 90.4 Å². The van der Waals surface area contributed by atoms with Gasteiger partial charge in [0, 0.05) is 117 Å². The van der Waals surface area contributed by atoms with Gasteiger partial charge >= 0.3 is 0 Å². The highest BCUT2D eigenvalue weighted by Gasteiger charge is 2.53. The normalized spacial score (nSPS) is 26.6. The average molecular weight is 1610 g/mol. The molecule has 586 valence electrons. The van der Waals surface area contributed by atoms with E-state index in [9.17, 15) is 29.0 Å². The first kappa shape index (κ1) is 78.2. The predicted octanol–water partition coefficient (Wildman–Crippen LogP) is 9.63. The van der Waals surface area contributed by atoms with Gasteiger partial charge < -0.3 is 58.1 Å². The lowest BCUT2D eigenvalue weighted by atomic mass is 9.78. The van der Waals surface area contributed by atoms with Crippen molar-refractivity contribution in [1.82, 2.24) is 98.8 Å². The summed E-state index contributed by atoms with van der Waals surface area (Å²) in [7, 11) is 4.27. The van der Waals surface area contributed by atoms with Gasteiger partial charge in [0.25, 0.3) is 0 Å². The summed E-state index contributed by atoms with van der Waals surface area (Å²) in [6, 6.07) is 7.51. The fourth-order valence-electron chi connectivity index (χ4n) is 17.6. The molecular formula is C72H91Cl4N31O3S. The Morgan fingerprint density at radius 2 is 0.901 bits per heavy atom. The van der Waals surface area contributed by atoms with Crippen molar-refractivity contribution in [2.24, 2.45) is 80.9 Å². The zero-order valence-corrected chi connectivity index (χ0v) is 66.1. The summed E-state index contributed by atoms with van der Waals surface area (Å²) in [5.74, 6) is 8.16. The summed E-state index contributed by atoms with van der Waals surface area (Å²) in [4.78, 5) is 48.6. The Bertz CT molecular complexity index is 4860. The molecule has 0 spiro atoms. The lowest BCUT2D eigenvalue weighted by Crippen LogP contribution is -2.38. The highest BCUT2D eigenvalue weighted by Crippen LogP contribution is 2.51. The summed E-state index contributed by atoms with van der Waals surface area (Å²) in [6.45, 7) is 8.32. The molecule has 9 aliphatic rings. The van der Waals surface area contributed by atoms with E-state index in [-0.39, 0.29) is 28.9 Å². The molecule has 8 aromatic heterocycles. The molecule has 0 radical (unpaired) electrons. The molecule has 5 aliphatic carbocycles. The first-order valence-electron chi connectivity index (χ1n) is 37.4. The van der Waals surface area contributed by atoms with Gasteiger partial charge in [-0.3, -0.25) is 23.5 Å². The van der Waals surface area contributed by atoms with Crippen LogP contribution >= 0.6 is 46.4 Å². The van der Waals surface area contributed by atoms with Crippen molar-refractivity contribution >= 4 is 132 Å². The van der Waals surface area contributed by atoms with E-state index < -0.39 is 15.6 Å². The van der Waals surface area contributed by atoms with Gasteiger partial charge in [-0.15, -0.1) is 0 Å². The van der Waals surface area contributed by atoms with E-state index in [4.69, 9.17) is 46.4 Å². The van der Waals surface area contributed by atoms with Crippen LogP contribution in [0.25, 0.3) is 0 Å². The van der Waals surface area contributed by atoms with Crippen molar-refractivity contribution < 1.29 is 13.2 Å². The molecule has 0 bridgehead atoms. The van der Waals surface area contributed by atoms with E-state index in [0.29, 0.717) is 153 Å². The number of halogens is 4. The minimum atomic E-state index is -3.10. The van der Waals surface area contributed by atoms with E-state index in [1.54, 1.807) is 79.5 Å². The summed E-state index contributed by atoms with van der Waals surface area (Å²) in [5, 5.41) is 79.5. The molecule has 1 amide bonds. The Morgan fingerprint density at radius 3 is 1.29 bits per heavy atom. The van der Waals surface area contributed by atoms with Gasteiger partial charge in [0.1, 0.15) is 20.1 Å². The highest BCUT2D eigenvalue weighted by atomic mass is 35.5. The highest BCUT2D eigenvalue weighted by molar-refractivity contribution is 7.89. The Labute approximate surface area is 663 Å². The number of likely N-dealkylation sites (tertiary alicyclic amines) is 1. The van der Waals surface area contributed by atoms with Crippen molar-refractivity contribution in [3.05, 3.63) is 94.5 Å². The molecule has 5 saturated carbocycles. The SMILES string of the molecule is CC(=O)N1CC2CC(CC#N)(Nc3nc(Nc4cnn(C)c4)ncc3Cl)CC2C1.Cn1cc(Nc2ncc(Cl)c(NC3(CC#N)CC4CNCC4C3)n2)cn1.Cn1cc(Nc2ncc(Cl)c(NC3CC4CN(S(=O)(=O)CC5CC5)CC4C3)n2)cn1.Cn1cc(Nc2ncc(Cl)c(NC3CC4CNCC4(CC#N)C3)n2)cn1. The van der Waals surface area contributed by atoms with Gasteiger partial charge in [-0.1, -0.05) is 46.4 Å². The number of hydrogen-bond donors (Lipinski definition) is 10. The van der Waals surface area contributed by atoms with Crippen LogP contribution in [0.2, 0.25) is 20.1 Å². The molecule has 34 nitrogen and oxygen atoms in total. The first-order valence-corrected chi connectivity index (χ1v) is 40.5. The van der Waals surface area contributed by atoms with Crippen LogP contribution < -0.4 is 53.2 Å². The quantitative estimate of drug-likeness (QED) is 0.0302. The van der Waals surface area contributed by atoms with Crippen molar-refractivity contribution in [1.29, 1.82) is 15.8 Å². The third kappa shape index (κ3) is 19.0. The molecule has 9 fully saturated rings. The number of anilines is 12. The molecule has 12 heterocycles. The van der Waals surface area contributed by atoms with Crippen LogP contribution in [-0.4, -0.2) is 184 Å². The van der Waals surface area contributed by atoms with E-state index in [1.165, 1.54) is 0 Å². The summed E-state index contributed by atoms with van der Waals surface area (Å²) < 4.78 is 33.7. The zero-order valence-electron chi connectivity index (χ0n) is 62.3. The summed E-state index contributed by atoms with van der Waals surface area (Å²) in [5.41, 5.74) is 2.57. The van der Waals surface area contributed by atoms with Gasteiger partial charge in [0.2, 0.25) is 39.7 Å². The van der Waals surface area contributed by atoms with Gasteiger partial charge in [-0.05, 0) is 131 Å². The Kier molecular flexibility index (Phi) is 23.5. The molecule has 17 rings (SSSR count). The number of hydrogen-bond acceptors (Lipinski definition) is 28. The number of amides is 1. The van der Waals surface area contributed by atoms with Gasteiger partial charge in [-0.25, -0.2) is 32.7 Å². The molecule has 39 heteroatoms. The van der Waals surface area contributed by atoms with Crippen molar-refractivity contribution in [3.63, 3.8) is 0 Å². The summed E-state index contributed by atoms with van der Waals surface area (Å²) in [6.07, 6.45) is 31.3. The largest absolute Gasteiger partial charge is 0.366 e. The fourth-order valence-corrected chi connectivity index (χ4v) is 20.1.